The molecule has 2 aromatic heterocycles. The molecule has 2 aromatic carbocycles. The number of nitrogens with zero attached hydrogens (tertiary/aromatic N) is 4. The lowest BCUT2D eigenvalue weighted by Crippen LogP contribution is -2.01. The third-order valence-electron chi connectivity index (χ3n) is 3.89. The van der Waals surface area contributed by atoms with E-state index in [1.165, 1.54) is 30.6 Å². The molecular formula is C18H13N5O3. The zero-order valence-electron chi connectivity index (χ0n) is 13.3. The summed E-state index contributed by atoms with van der Waals surface area (Å²) in [5.41, 5.74) is 8.69. The highest BCUT2D eigenvalue weighted by Crippen LogP contribution is 2.35. The molecule has 128 valence electrons. The van der Waals surface area contributed by atoms with Gasteiger partial charge in [0.1, 0.15) is 12.1 Å². The van der Waals surface area contributed by atoms with Crippen molar-refractivity contribution in [3.8, 4) is 39.8 Å². The number of hydrogen-bond donors (Lipinski definition) is 4. The molecule has 0 aliphatic rings. The Hall–Kier alpha value is -3.94. The summed E-state index contributed by atoms with van der Waals surface area (Å²) < 4.78 is 0. The molecule has 0 amide bonds. The predicted molar refractivity (Wildman–Crippen MR) is 95.4 cm³/mol. The van der Waals surface area contributed by atoms with Crippen LogP contribution in [0.25, 0.3) is 33.7 Å². The van der Waals surface area contributed by atoms with Crippen LogP contribution in [0.2, 0.25) is 0 Å². The second-order valence-electron chi connectivity index (χ2n) is 5.60. The molecule has 8 nitrogen and oxygen atoms in total. The maximum absolute atomic E-state index is 9.84. The number of rotatable bonds is 2. The summed E-state index contributed by atoms with van der Waals surface area (Å²) in [6, 6.07) is 10.8. The fourth-order valence-electron chi connectivity index (χ4n) is 2.59. The predicted octanol–water partition coefficient (Wildman–Crippen LogP) is 2.45. The molecule has 0 fully saturated rings. The number of anilines is 1. The minimum absolute atomic E-state index is 0.120. The molecule has 4 aromatic rings. The molecule has 0 saturated heterocycles. The average molecular weight is 347 g/mol. The molecule has 0 atom stereocenters. The highest BCUT2D eigenvalue weighted by Gasteiger charge is 2.16. The van der Waals surface area contributed by atoms with E-state index in [-0.39, 0.29) is 23.1 Å². The van der Waals surface area contributed by atoms with Gasteiger partial charge in [0.25, 0.3) is 0 Å². The maximum Gasteiger partial charge on any atom is 0.184 e. The second-order valence-corrected chi connectivity index (χ2v) is 5.60. The van der Waals surface area contributed by atoms with Crippen LogP contribution in [-0.2, 0) is 0 Å². The van der Waals surface area contributed by atoms with E-state index >= 15 is 0 Å². The van der Waals surface area contributed by atoms with Crippen molar-refractivity contribution in [2.75, 3.05) is 5.73 Å². The fraction of sp³-hybridized carbons (Fsp3) is 0. The van der Waals surface area contributed by atoms with E-state index < -0.39 is 0 Å². The largest absolute Gasteiger partial charge is 0.508 e. The van der Waals surface area contributed by atoms with Gasteiger partial charge in [0.2, 0.25) is 0 Å². The van der Waals surface area contributed by atoms with Gasteiger partial charge in [-0.05, 0) is 42.5 Å². The average Bonchev–Trinajstić information content (AvgIpc) is 2.64. The van der Waals surface area contributed by atoms with E-state index in [0.29, 0.717) is 33.7 Å². The Balaban J connectivity index is 2.04. The van der Waals surface area contributed by atoms with Crippen LogP contribution in [0.1, 0.15) is 0 Å². The van der Waals surface area contributed by atoms with Gasteiger partial charge in [-0.1, -0.05) is 0 Å². The minimum atomic E-state index is -0.275. The van der Waals surface area contributed by atoms with Gasteiger partial charge in [0.15, 0.2) is 28.5 Å². The normalized spacial score (nSPS) is 10.9. The summed E-state index contributed by atoms with van der Waals surface area (Å²) in [5, 5.41) is 28.9. The van der Waals surface area contributed by atoms with Crippen LogP contribution < -0.4 is 5.73 Å². The molecule has 0 radical (unpaired) electrons. The molecule has 4 rings (SSSR count). The van der Waals surface area contributed by atoms with E-state index in [0.717, 1.165) is 0 Å². The quantitative estimate of drug-likeness (QED) is 0.406. The Bertz CT molecular complexity index is 1130. The highest BCUT2D eigenvalue weighted by molar-refractivity contribution is 5.89. The van der Waals surface area contributed by atoms with Crippen LogP contribution in [-0.4, -0.2) is 35.3 Å². The van der Waals surface area contributed by atoms with Crippen molar-refractivity contribution in [2.24, 2.45) is 0 Å². The van der Waals surface area contributed by atoms with E-state index in [1.54, 1.807) is 18.2 Å². The molecule has 0 aliphatic carbocycles. The number of aromatic nitrogens is 4. The van der Waals surface area contributed by atoms with Gasteiger partial charge in [0.05, 0.1) is 11.4 Å². The summed E-state index contributed by atoms with van der Waals surface area (Å²) in [6.07, 6.45) is 1.30. The lowest BCUT2D eigenvalue weighted by molar-refractivity contribution is 0.404. The number of phenolic OH excluding ortho intramolecular Hbond substituents is 3. The number of aromatic hydroxyl groups is 3. The standard InChI is InChI=1S/C18H13N5O3/c19-17-16-18(21-8-20-17)23-15(10-3-6-12(25)13(26)7-10)14(22-16)9-1-4-11(24)5-2-9/h1-8,24-26H,(H2,19,20,21,23). The minimum Gasteiger partial charge on any atom is -0.508 e. The van der Waals surface area contributed by atoms with Crippen molar-refractivity contribution in [1.82, 2.24) is 19.9 Å². The molecule has 0 aliphatic heterocycles. The molecule has 0 bridgehead atoms. The summed E-state index contributed by atoms with van der Waals surface area (Å²) in [4.78, 5) is 17.1. The summed E-state index contributed by atoms with van der Waals surface area (Å²) in [7, 11) is 0. The molecule has 5 N–H and O–H groups in total. The number of benzene rings is 2. The first-order valence-electron chi connectivity index (χ1n) is 7.63. The molecule has 8 heteroatoms. The molecular weight excluding hydrogens is 334 g/mol. The fourth-order valence-corrected chi connectivity index (χ4v) is 2.59. The third-order valence-corrected chi connectivity index (χ3v) is 3.89. The lowest BCUT2D eigenvalue weighted by atomic mass is 10.0. The van der Waals surface area contributed by atoms with Crippen molar-refractivity contribution in [2.45, 2.75) is 0 Å². The highest BCUT2D eigenvalue weighted by atomic mass is 16.3. The Morgan fingerprint density at radius 3 is 2.15 bits per heavy atom. The summed E-state index contributed by atoms with van der Waals surface area (Å²) >= 11 is 0. The topological polar surface area (TPSA) is 138 Å². The van der Waals surface area contributed by atoms with Crippen molar-refractivity contribution in [3.05, 3.63) is 48.8 Å². The van der Waals surface area contributed by atoms with Crippen molar-refractivity contribution < 1.29 is 15.3 Å². The van der Waals surface area contributed by atoms with Crippen LogP contribution in [0.4, 0.5) is 5.82 Å². The molecule has 0 spiro atoms. The van der Waals surface area contributed by atoms with Gasteiger partial charge < -0.3 is 21.1 Å². The summed E-state index contributed by atoms with van der Waals surface area (Å²) in [6.45, 7) is 0. The molecule has 0 saturated carbocycles. The van der Waals surface area contributed by atoms with Crippen LogP contribution in [0, 0.1) is 0 Å². The van der Waals surface area contributed by atoms with Crippen LogP contribution in [0.5, 0.6) is 17.2 Å². The smallest absolute Gasteiger partial charge is 0.184 e. The van der Waals surface area contributed by atoms with Crippen LogP contribution >= 0.6 is 0 Å². The summed E-state index contributed by atoms with van der Waals surface area (Å²) in [5.74, 6) is -0.194. The van der Waals surface area contributed by atoms with Gasteiger partial charge >= 0.3 is 0 Å². The van der Waals surface area contributed by atoms with Gasteiger partial charge in [-0.2, -0.15) is 0 Å². The van der Waals surface area contributed by atoms with Gasteiger partial charge in [-0.3, -0.25) is 0 Å². The monoisotopic (exact) mass is 347 g/mol. The first kappa shape index (κ1) is 15.6. The van der Waals surface area contributed by atoms with E-state index in [1.807, 2.05) is 0 Å². The Morgan fingerprint density at radius 1 is 0.731 bits per heavy atom. The zero-order valence-corrected chi connectivity index (χ0v) is 13.3. The first-order valence-corrected chi connectivity index (χ1v) is 7.63. The number of hydrogen-bond acceptors (Lipinski definition) is 8. The SMILES string of the molecule is Nc1ncnc2nc(-c3ccc(O)c(O)c3)c(-c3ccc(O)cc3)nc12. The van der Waals surface area contributed by atoms with Gasteiger partial charge in [-0.25, -0.2) is 19.9 Å². The van der Waals surface area contributed by atoms with Crippen LogP contribution in [0.3, 0.4) is 0 Å². The lowest BCUT2D eigenvalue weighted by Gasteiger charge is -2.11. The number of fused-ring (bicyclic) bond motifs is 1. The van der Waals surface area contributed by atoms with Gasteiger partial charge in [-0.15, -0.1) is 0 Å². The Labute approximate surface area is 147 Å². The van der Waals surface area contributed by atoms with Crippen molar-refractivity contribution in [1.29, 1.82) is 0 Å². The van der Waals surface area contributed by atoms with Crippen molar-refractivity contribution in [3.63, 3.8) is 0 Å². The van der Waals surface area contributed by atoms with E-state index in [2.05, 4.69) is 19.9 Å². The second kappa shape index (κ2) is 5.85. The molecule has 26 heavy (non-hydrogen) atoms. The zero-order chi connectivity index (χ0) is 18.3. The first-order chi connectivity index (χ1) is 12.5. The van der Waals surface area contributed by atoms with Gasteiger partial charge in [0, 0.05) is 11.1 Å². The number of phenols is 3. The number of nitrogens with two attached hydrogens (primary N) is 1. The maximum atomic E-state index is 9.84. The molecule has 2 heterocycles. The molecule has 0 unspecified atom stereocenters. The Kier molecular flexibility index (Phi) is 3.51. The van der Waals surface area contributed by atoms with E-state index in [9.17, 15) is 15.3 Å². The van der Waals surface area contributed by atoms with E-state index in [4.69, 9.17) is 5.73 Å². The third kappa shape index (κ3) is 2.59. The van der Waals surface area contributed by atoms with Crippen molar-refractivity contribution >= 4 is 17.0 Å². The van der Waals surface area contributed by atoms with Crippen LogP contribution in [0.15, 0.2) is 48.8 Å². The Morgan fingerprint density at radius 2 is 1.42 bits per heavy atom. The number of nitrogen functional groups attached to an aromatic ring is 1.